The molecule has 7 heteroatoms. The number of H-pyrrole nitrogens is 1. The number of hydrogen-bond acceptors (Lipinski definition) is 5. The van der Waals surface area contributed by atoms with E-state index >= 15 is 0 Å². The predicted octanol–water partition coefficient (Wildman–Crippen LogP) is 3.50. The molecule has 0 unspecified atom stereocenters. The highest BCUT2D eigenvalue weighted by Crippen LogP contribution is 2.36. The van der Waals surface area contributed by atoms with Crippen LogP contribution in [0.1, 0.15) is 5.56 Å². The van der Waals surface area contributed by atoms with Gasteiger partial charge >= 0.3 is 0 Å². The van der Waals surface area contributed by atoms with Crippen molar-refractivity contribution in [1.29, 1.82) is 0 Å². The van der Waals surface area contributed by atoms with E-state index in [0.717, 1.165) is 26.8 Å². The molecule has 2 aromatic carbocycles. The Balaban J connectivity index is 1.54. The molecule has 110 valence electrons. The first-order chi connectivity index (χ1) is 10.8. The van der Waals surface area contributed by atoms with Crippen LogP contribution in [0.4, 0.5) is 5.95 Å². The molecule has 4 rings (SSSR count). The van der Waals surface area contributed by atoms with Crippen molar-refractivity contribution in [2.75, 3.05) is 12.2 Å². The standard InChI is InChI=1S/C15H11BrN4O2/c16-10-6-14-13(21-8-22-14)5-9(10)7-17-20-15-18-11-3-1-2-4-12(11)19-15/h1-7H,8H2,(H2,18,19,20)/b17-7+. The van der Waals surface area contributed by atoms with Crippen LogP contribution in [0.25, 0.3) is 11.0 Å². The van der Waals surface area contributed by atoms with Gasteiger partial charge in [0.05, 0.1) is 17.2 Å². The van der Waals surface area contributed by atoms with Gasteiger partial charge in [-0.05, 0) is 40.2 Å². The van der Waals surface area contributed by atoms with Crippen LogP contribution in [0.3, 0.4) is 0 Å². The third kappa shape index (κ3) is 2.39. The summed E-state index contributed by atoms with van der Waals surface area (Å²) in [6.45, 7) is 0.250. The Kier molecular flexibility index (Phi) is 3.19. The lowest BCUT2D eigenvalue weighted by Gasteiger charge is -2.01. The maximum atomic E-state index is 5.35. The van der Waals surface area contributed by atoms with Crippen LogP contribution in [-0.2, 0) is 0 Å². The molecule has 3 aromatic rings. The van der Waals surface area contributed by atoms with Gasteiger partial charge in [-0.1, -0.05) is 12.1 Å². The first-order valence-electron chi connectivity index (χ1n) is 6.62. The van der Waals surface area contributed by atoms with E-state index in [1.807, 2.05) is 36.4 Å². The number of aromatic nitrogens is 2. The topological polar surface area (TPSA) is 71.5 Å². The van der Waals surface area contributed by atoms with Gasteiger partial charge < -0.3 is 14.5 Å². The van der Waals surface area contributed by atoms with Crippen LogP contribution in [0.5, 0.6) is 11.5 Å². The number of hydrazone groups is 1. The number of para-hydroxylation sites is 2. The van der Waals surface area contributed by atoms with Crippen molar-refractivity contribution < 1.29 is 9.47 Å². The minimum absolute atomic E-state index is 0.250. The zero-order valence-electron chi connectivity index (χ0n) is 11.3. The van der Waals surface area contributed by atoms with Crippen molar-refractivity contribution >= 4 is 39.1 Å². The summed E-state index contributed by atoms with van der Waals surface area (Å²) in [5.41, 5.74) is 5.63. The van der Waals surface area contributed by atoms with Crippen molar-refractivity contribution in [3.8, 4) is 11.5 Å². The van der Waals surface area contributed by atoms with Gasteiger partial charge in [-0.3, -0.25) is 0 Å². The first kappa shape index (κ1) is 13.1. The molecule has 0 saturated heterocycles. The van der Waals surface area contributed by atoms with Crippen molar-refractivity contribution in [2.24, 2.45) is 5.10 Å². The van der Waals surface area contributed by atoms with Gasteiger partial charge in [0.15, 0.2) is 11.5 Å². The average molecular weight is 359 g/mol. The van der Waals surface area contributed by atoms with E-state index in [1.54, 1.807) is 6.21 Å². The summed E-state index contributed by atoms with van der Waals surface area (Å²) in [5, 5.41) is 4.20. The fraction of sp³-hybridized carbons (Fsp3) is 0.0667. The molecule has 0 saturated carbocycles. The molecule has 2 N–H and O–H groups in total. The van der Waals surface area contributed by atoms with Crippen molar-refractivity contribution in [3.05, 3.63) is 46.4 Å². The Morgan fingerprint density at radius 2 is 2.05 bits per heavy atom. The first-order valence-corrected chi connectivity index (χ1v) is 7.42. The lowest BCUT2D eigenvalue weighted by molar-refractivity contribution is 0.174. The SMILES string of the molecule is Brc1cc2c(cc1/C=N/Nc1nc3ccccc3[nH]1)OCO2. The monoisotopic (exact) mass is 358 g/mol. The number of halogens is 1. The molecule has 0 spiro atoms. The Labute approximate surface area is 134 Å². The van der Waals surface area contributed by atoms with Gasteiger partial charge in [0.25, 0.3) is 0 Å². The lowest BCUT2D eigenvalue weighted by Crippen LogP contribution is -1.93. The number of imidazole rings is 1. The van der Waals surface area contributed by atoms with Gasteiger partial charge in [-0.15, -0.1) is 0 Å². The van der Waals surface area contributed by atoms with E-state index in [2.05, 4.69) is 36.4 Å². The minimum Gasteiger partial charge on any atom is -0.454 e. The Hall–Kier alpha value is -2.54. The zero-order chi connectivity index (χ0) is 14.9. The summed E-state index contributed by atoms with van der Waals surface area (Å²) in [6, 6.07) is 11.5. The molecule has 6 nitrogen and oxygen atoms in total. The minimum atomic E-state index is 0.250. The molecule has 1 aromatic heterocycles. The molecule has 0 aliphatic carbocycles. The molecule has 1 aliphatic rings. The van der Waals surface area contributed by atoms with Gasteiger partial charge in [0, 0.05) is 10.0 Å². The molecule has 0 atom stereocenters. The summed E-state index contributed by atoms with van der Waals surface area (Å²) in [6.07, 6.45) is 1.69. The average Bonchev–Trinajstić information content (AvgIpc) is 3.12. The molecule has 0 radical (unpaired) electrons. The maximum Gasteiger partial charge on any atom is 0.231 e. The summed E-state index contributed by atoms with van der Waals surface area (Å²) in [5.74, 6) is 2.04. The largest absolute Gasteiger partial charge is 0.454 e. The Bertz CT molecular complexity index is 842. The predicted molar refractivity (Wildman–Crippen MR) is 87.6 cm³/mol. The van der Waals surface area contributed by atoms with Crippen LogP contribution in [0.2, 0.25) is 0 Å². The van der Waals surface area contributed by atoms with E-state index in [9.17, 15) is 0 Å². The Morgan fingerprint density at radius 1 is 1.23 bits per heavy atom. The number of hydrogen-bond donors (Lipinski definition) is 2. The number of anilines is 1. The van der Waals surface area contributed by atoms with Crippen LogP contribution in [-0.4, -0.2) is 23.0 Å². The fourth-order valence-electron chi connectivity index (χ4n) is 2.20. The number of benzene rings is 2. The van der Waals surface area contributed by atoms with Crippen LogP contribution < -0.4 is 14.9 Å². The van der Waals surface area contributed by atoms with Crippen LogP contribution in [0, 0.1) is 0 Å². The molecule has 0 amide bonds. The normalized spacial score (nSPS) is 13.1. The van der Waals surface area contributed by atoms with Gasteiger partial charge in [0.2, 0.25) is 12.7 Å². The fourth-order valence-corrected chi connectivity index (χ4v) is 2.63. The number of aromatic amines is 1. The summed E-state index contributed by atoms with van der Waals surface area (Å²) in [4.78, 5) is 7.53. The lowest BCUT2D eigenvalue weighted by atomic mass is 10.2. The smallest absolute Gasteiger partial charge is 0.231 e. The summed E-state index contributed by atoms with van der Waals surface area (Å²) in [7, 11) is 0. The van der Waals surface area contributed by atoms with E-state index in [1.165, 1.54) is 0 Å². The number of rotatable bonds is 3. The molecule has 1 aliphatic heterocycles. The molecule has 22 heavy (non-hydrogen) atoms. The summed E-state index contributed by atoms with van der Waals surface area (Å²) >= 11 is 3.49. The second-order valence-corrected chi connectivity index (χ2v) is 5.55. The van der Waals surface area contributed by atoms with E-state index < -0.39 is 0 Å². The highest BCUT2D eigenvalue weighted by molar-refractivity contribution is 9.10. The third-order valence-electron chi connectivity index (χ3n) is 3.26. The summed E-state index contributed by atoms with van der Waals surface area (Å²) < 4.78 is 11.6. The van der Waals surface area contributed by atoms with Crippen LogP contribution >= 0.6 is 15.9 Å². The molecular weight excluding hydrogens is 348 g/mol. The molecule has 0 bridgehead atoms. The second-order valence-electron chi connectivity index (χ2n) is 4.70. The van der Waals surface area contributed by atoms with Gasteiger partial charge in [0.1, 0.15) is 0 Å². The molecule has 2 heterocycles. The van der Waals surface area contributed by atoms with E-state index in [0.29, 0.717) is 11.7 Å². The highest BCUT2D eigenvalue weighted by atomic mass is 79.9. The van der Waals surface area contributed by atoms with Crippen molar-refractivity contribution in [2.45, 2.75) is 0 Å². The Morgan fingerprint density at radius 3 is 2.91 bits per heavy atom. The van der Waals surface area contributed by atoms with E-state index in [4.69, 9.17) is 9.47 Å². The molecular formula is C15H11BrN4O2. The number of fused-ring (bicyclic) bond motifs is 2. The van der Waals surface area contributed by atoms with Gasteiger partial charge in [-0.2, -0.15) is 5.10 Å². The quantitative estimate of drug-likeness (QED) is 0.555. The van der Waals surface area contributed by atoms with Gasteiger partial charge in [-0.25, -0.2) is 10.4 Å². The zero-order valence-corrected chi connectivity index (χ0v) is 12.9. The van der Waals surface area contributed by atoms with Crippen molar-refractivity contribution in [1.82, 2.24) is 9.97 Å². The molecule has 0 fully saturated rings. The van der Waals surface area contributed by atoms with Crippen LogP contribution in [0.15, 0.2) is 46.0 Å². The van der Waals surface area contributed by atoms with E-state index in [-0.39, 0.29) is 6.79 Å². The maximum absolute atomic E-state index is 5.35. The highest BCUT2D eigenvalue weighted by Gasteiger charge is 2.15. The van der Waals surface area contributed by atoms with Crippen molar-refractivity contribution in [3.63, 3.8) is 0 Å². The third-order valence-corrected chi connectivity index (χ3v) is 3.94. The second kappa shape index (κ2) is 5.34. The number of ether oxygens (including phenoxy) is 2. The number of nitrogens with one attached hydrogen (secondary N) is 2. The number of nitrogens with zero attached hydrogens (tertiary/aromatic N) is 2.